The van der Waals surface area contributed by atoms with Crippen molar-refractivity contribution in [1.29, 1.82) is 10.5 Å². The van der Waals surface area contributed by atoms with E-state index in [0.29, 0.717) is 12.1 Å². The van der Waals surface area contributed by atoms with Gasteiger partial charge in [-0.15, -0.1) is 0 Å². The van der Waals surface area contributed by atoms with Gasteiger partial charge in [-0.1, -0.05) is 48.5 Å². The van der Waals surface area contributed by atoms with E-state index in [2.05, 4.69) is 0 Å². The Kier molecular flexibility index (Phi) is 16.5. The van der Waals surface area contributed by atoms with Crippen LogP contribution in [0, 0.1) is 22.7 Å². The van der Waals surface area contributed by atoms with Crippen molar-refractivity contribution in [2.24, 2.45) is 0 Å². The lowest BCUT2D eigenvalue weighted by Gasteiger charge is -2.22. The van der Waals surface area contributed by atoms with Crippen molar-refractivity contribution in [3.05, 3.63) is 237 Å². The summed E-state index contributed by atoms with van der Waals surface area (Å²) in [7, 11) is 0. The van der Waals surface area contributed by atoms with Gasteiger partial charge in [0.05, 0.1) is 107 Å². The van der Waals surface area contributed by atoms with Gasteiger partial charge in [0.15, 0.2) is 0 Å². The van der Waals surface area contributed by atoms with Crippen molar-refractivity contribution in [3.8, 4) is 79.1 Å². The summed E-state index contributed by atoms with van der Waals surface area (Å²) in [5.41, 5.74) is -29.2. The maximum absolute atomic E-state index is 15.4. The van der Waals surface area contributed by atoms with Crippen molar-refractivity contribution < 1.29 is 119 Å². The molecule has 0 saturated carbocycles. The first-order valence-corrected chi connectivity index (χ1v) is 28.7. The minimum absolute atomic E-state index is 0.204. The van der Waals surface area contributed by atoms with Gasteiger partial charge in [-0.25, -0.2) is 0 Å². The molecule has 0 amide bonds. The van der Waals surface area contributed by atoms with E-state index in [0.717, 1.165) is 100 Å². The normalized spacial score (nSPS) is 13.2. The lowest BCUT2D eigenvalue weighted by molar-refractivity contribution is -0.144. The SMILES string of the molecule is N#Cc1cc(-c2c(-n3c4cc(-c5cc(C(F)(F)F)cc(C(F)(F)F)c5)ccc4c4ccc(-c5cc(C(F)(F)F)cc(C(F)(F)F)c5)cc43)cc(C#N)cc2-n2c3cc(-c4cc(C(F)(F)F)cc(C(F)(F)F)c4)ccc3c3ccc(-c4cc(C(F)(F)F)cc(C(F)(F)F)c4)cc32)cc(C(F)(F)F)c1. The van der Waals surface area contributed by atoms with Gasteiger partial charge in [-0.3, -0.25) is 0 Å². The van der Waals surface area contributed by atoms with Crippen LogP contribution in [-0.2, 0) is 55.6 Å². The highest BCUT2D eigenvalue weighted by Crippen LogP contribution is 2.50. The van der Waals surface area contributed by atoms with Crippen molar-refractivity contribution in [3.63, 3.8) is 0 Å². The predicted molar refractivity (Wildman–Crippen MR) is 317 cm³/mol. The van der Waals surface area contributed by atoms with Crippen LogP contribution in [0.1, 0.15) is 61.2 Å². The second-order valence-corrected chi connectivity index (χ2v) is 23.2. The zero-order valence-electron chi connectivity index (χ0n) is 49.7. The fourth-order valence-electron chi connectivity index (χ4n) is 12.1. The molecular weight excluding hydrogens is 1420 g/mol. The van der Waals surface area contributed by atoms with Crippen LogP contribution in [0.5, 0.6) is 0 Å². The maximum atomic E-state index is 15.4. The first kappa shape index (κ1) is 70.7. The number of aromatic nitrogens is 2. The lowest BCUT2D eigenvalue weighted by atomic mass is 9.94. The molecule has 522 valence electrons. The van der Waals surface area contributed by atoms with E-state index in [1.165, 1.54) is 6.07 Å². The van der Waals surface area contributed by atoms with E-state index in [4.69, 9.17) is 0 Å². The average Bonchev–Trinajstić information content (AvgIpc) is 1.54. The third-order valence-electron chi connectivity index (χ3n) is 16.6. The van der Waals surface area contributed by atoms with Crippen LogP contribution in [-0.4, -0.2) is 9.13 Å². The second-order valence-electron chi connectivity index (χ2n) is 23.2. The Morgan fingerprint density at radius 2 is 0.402 bits per heavy atom. The van der Waals surface area contributed by atoms with Gasteiger partial charge in [0.2, 0.25) is 0 Å². The largest absolute Gasteiger partial charge is 0.416 e. The van der Waals surface area contributed by atoms with Crippen LogP contribution < -0.4 is 0 Å². The smallest absolute Gasteiger partial charge is 0.308 e. The first-order valence-electron chi connectivity index (χ1n) is 28.7. The van der Waals surface area contributed by atoms with Crippen LogP contribution in [0.2, 0.25) is 0 Å². The molecule has 0 radical (unpaired) electrons. The van der Waals surface area contributed by atoms with Crippen molar-refractivity contribution in [2.75, 3.05) is 0 Å². The minimum Gasteiger partial charge on any atom is -0.308 e. The van der Waals surface area contributed by atoms with Crippen molar-refractivity contribution >= 4 is 43.6 Å². The Balaban J connectivity index is 1.31. The highest BCUT2D eigenvalue weighted by molar-refractivity contribution is 6.14. The quantitative estimate of drug-likeness (QED) is 0.149. The number of hydrogen-bond acceptors (Lipinski definition) is 2. The van der Waals surface area contributed by atoms with Gasteiger partial charge >= 0.3 is 55.6 Å². The molecule has 12 aromatic rings. The maximum Gasteiger partial charge on any atom is 0.416 e. The van der Waals surface area contributed by atoms with Crippen LogP contribution in [0.15, 0.2) is 176 Å². The highest BCUT2D eigenvalue weighted by Gasteiger charge is 2.42. The van der Waals surface area contributed by atoms with E-state index >= 15 is 13.2 Å². The Labute approximate surface area is 552 Å². The number of nitriles is 2. The van der Waals surface area contributed by atoms with Gasteiger partial charge in [-0.2, -0.15) is 129 Å². The van der Waals surface area contributed by atoms with Gasteiger partial charge in [-0.05, 0) is 177 Å². The fourth-order valence-corrected chi connectivity index (χ4v) is 12.1. The summed E-state index contributed by atoms with van der Waals surface area (Å²) in [6.45, 7) is 0. The number of halogens is 27. The summed E-state index contributed by atoms with van der Waals surface area (Å²) in [4.78, 5) is 0. The number of rotatable bonds is 7. The van der Waals surface area contributed by atoms with Crippen LogP contribution in [0.3, 0.4) is 0 Å². The lowest BCUT2D eigenvalue weighted by Crippen LogP contribution is -2.11. The Bertz CT molecular complexity index is 4840. The number of hydrogen-bond donors (Lipinski definition) is 0. The molecule has 0 aliphatic heterocycles. The molecule has 2 heterocycles. The number of benzene rings is 10. The van der Waals surface area contributed by atoms with E-state index in [9.17, 15) is 116 Å². The van der Waals surface area contributed by atoms with E-state index in [1.807, 2.05) is 0 Å². The minimum atomic E-state index is -5.51. The van der Waals surface area contributed by atoms with Crippen LogP contribution in [0.4, 0.5) is 119 Å². The van der Waals surface area contributed by atoms with Gasteiger partial charge < -0.3 is 9.13 Å². The average molecular weight is 1450 g/mol. The Morgan fingerprint density at radius 3 is 0.608 bits per heavy atom. The molecule has 0 bridgehead atoms. The van der Waals surface area contributed by atoms with E-state index < -0.39 is 206 Å². The molecular formula is C71H29F27N4. The molecule has 4 nitrogen and oxygen atoms in total. The number of nitrogens with zero attached hydrogens (tertiary/aromatic N) is 4. The van der Waals surface area contributed by atoms with E-state index in [-0.39, 0.29) is 94.3 Å². The molecule has 10 aromatic carbocycles. The van der Waals surface area contributed by atoms with Gasteiger partial charge in [0.25, 0.3) is 0 Å². The molecule has 31 heteroatoms. The molecule has 0 aliphatic carbocycles. The number of alkyl halides is 27. The fraction of sp³-hybridized carbons (Fsp3) is 0.127. The summed E-state index contributed by atoms with van der Waals surface area (Å²) >= 11 is 0. The summed E-state index contributed by atoms with van der Waals surface area (Å²) < 4.78 is 397. The summed E-state index contributed by atoms with van der Waals surface area (Å²) in [5.74, 6) is 0. The standard InChI is InChI=1S/C71H29F27N4/c72-63(73,74)43-10-32(30-99)9-42(21-43)62-60(101-56-22-34(38-13-44(64(75,76)77)26-45(14-38)65(78,79)80)1-5-52(56)53-6-2-35(23-57(53)101)39-15-46(66(81,82)83)27-47(16-39)67(84,85)86)11-33(31-100)12-61(62)102-58-24-36(40-17-48(68(87,88)89)28-49(18-40)69(90,91)92)3-7-54(58)55-8-4-37(25-59(55)102)41-19-50(70(93,94)95)29-51(20-41)71(96,97)98/h1-29H. The molecule has 0 spiro atoms. The molecule has 2 aromatic heterocycles. The van der Waals surface area contributed by atoms with E-state index in [1.54, 1.807) is 6.07 Å². The zero-order valence-corrected chi connectivity index (χ0v) is 49.7. The van der Waals surface area contributed by atoms with Crippen molar-refractivity contribution in [2.45, 2.75) is 55.6 Å². The topological polar surface area (TPSA) is 57.4 Å². The van der Waals surface area contributed by atoms with Crippen molar-refractivity contribution in [1.82, 2.24) is 9.13 Å². The monoisotopic (exact) mass is 1450 g/mol. The Morgan fingerprint density at radius 1 is 0.206 bits per heavy atom. The van der Waals surface area contributed by atoms with Crippen LogP contribution >= 0.6 is 0 Å². The Hall–Kier alpha value is -11.1. The van der Waals surface area contributed by atoms with Crippen LogP contribution in [0.25, 0.3) is 111 Å². The predicted octanol–water partition coefficient (Wildman–Crippen LogP) is 25.1. The summed E-state index contributed by atoms with van der Waals surface area (Å²) in [5, 5.41) is 20.8. The molecule has 0 aliphatic rings. The molecule has 0 fully saturated rings. The third kappa shape index (κ3) is 13.3. The van der Waals surface area contributed by atoms with Gasteiger partial charge in [0.1, 0.15) is 0 Å². The third-order valence-corrected chi connectivity index (χ3v) is 16.6. The molecule has 0 N–H and O–H groups in total. The molecule has 102 heavy (non-hydrogen) atoms. The van der Waals surface area contributed by atoms with Gasteiger partial charge in [0, 0.05) is 27.1 Å². The molecule has 0 saturated heterocycles. The molecule has 0 unspecified atom stereocenters. The molecule has 0 atom stereocenters. The second kappa shape index (κ2) is 23.8. The summed E-state index contributed by atoms with van der Waals surface area (Å²) in [6, 6.07) is 18.9. The molecule has 12 rings (SSSR count). The zero-order chi connectivity index (χ0) is 74.5. The first-order chi connectivity index (χ1) is 47.1. The summed E-state index contributed by atoms with van der Waals surface area (Å²) in [6.07, 6.45) is -49.6. The number of fused-ring (bicyclic) bond motifs is 6. The highest BCUT2D eigenvalue weighted by atomic mass is 19.4.